The van der Waals surface area contributed by atoms with Crippen LogP contribution in [0, 0.1) is 5.82 Å². The second kappa shape index (κ2) is 4.93. The maximum Gasteiger partial charge on any atom is 0.354 e. The van der Waals surface area contributed by atoms with Gasteiger partial charge in [0.25, 0.3) is 0 Å². The van der Waals surface area contributed by atoms with Gasteiger partial charge in [-0.3, -0.25) is 0 Å². The molecule has 0 unspecified atom stereocenters. The molecule has 2 rings (SSSR count). The molecule has 0 saturated heterocycles. The molecule has 1 aromatic carbocycles. The van der Waals surface area contributed by atoms with Crippen molar-refractivity contribution in [1.82, 2.24) is 4.98 Å². The van der Waals surface area contributed by atoms with Crippen LogP contribution in [-0.2, 0) is 0 Å². The number of hydrogen-bond acceptors (Lipinski definition) is 4. The lowest BCUT2D eigenvalue weighted by Crippen LogP contribution is -2.04. The first-order chi connectivity index (χ1) is 9.02. The van der Waals surface area contributed by atoms with Crippen molar-refractivity contribution in [3.05, 3.63) is 41.8 Å². The smallest absolute Gasteiger partial charge is 0.354 e. The first-order valence-electron chi connectivity index (χ1n) is 5.36. The lowest BCUT2D eigenvalue weighted by Gasteiger charge is -2.08. The molecule has 98 valence electrons. The number of aromatic carboxylic acids is 1. The second-order valence-corrected chi connectivity index (χ2v) is 3.78. The van der Waals surface area contributed by atoms with Crippen molar-refractivity contribution >= 4 is 11.8 Å². The molecule has 0 atom stereocenters. The van der Waals surface area contributed by atoms with Gasteiger partial charge in [-0.1, -0.05) is 6.07 Å². The third kappa shape index (κ3) is 2.47. The van der Waals surface area contributed by atoms with Crippen molar-refractivity contribution in [2.75, 3.05) is 12.8 Å². The van der Waals surface area contributed by atoms with Crippen LogP contribution in [-0.4, -0.2) is 23.2 Å². The van der Waals surface area contributed by atoms with Crippen LogP contribution in [0.3, 0.4) is 0 Å². The van der Waals surface area contributed by atoms with Crippen molar-refractivity contribution in [3.8, 4) is 16.9 Å². The van der Waals surface area contributed by atoms with Crippen molar-refractivity contribution in [1.29, 1.82) is 0 Å². The molecule has 6 heteroatoms. The van der Waals surface area contributed by atoms with Crippen LogP contribution in [0.5, 0.6) is 5.75 Å². The third-order valence-electron chi connectivity index (χ3n) is 2.61. The zero-order valence-corrected chi connectivity index (χ0v) is 10.1. The highest BCUT2D eigenvalue weighted by atomic mass is 19.1. The molecular formula is C13H11FN2O3. The minimum absolute atomic E-state index is 0.0319. The summed E-state index contributed by atoms with van der Waals surface area (Å²) in [6.07, 6.45) is 0. The standard InChI is InChI=1S/C13H11FN2O3/c1-19-11-5-2-7(6-9(11)14)8-3-4-10(13(17)18)16-12(8)15/h2-6H,1H3,(H2,15,16)(H,17,18). The fourth-order valence-electron chi connectivity index (χ4n) is 1.67. The normalized spacial score (nSPS) is 10.2. The minimum Gasteiger partial charge on any atom is -0.494 e. The van der Waals surface area contributed by atoms with E-state index < -0.39 is 11.8 Å². The minimum atomic E-state index is -1.17. The topological polar surface area (TPSA) is 85.4 Å². The Bertz CT molecular complexity index is 644. The van der Waals surface area contributed by atoms with E-state index in [9.17, 15) is 9.18 Å². The fraction of sp³-hybridized carbons (Fsp3) is 0.0769. The number of carboxylic acid groups (broad SMARTS) is 1. The lowest BCUT2D eigenvalue weighted by molar-refractivity contribution is 0.0690. The summed E-state index contributed by atoms with van der Waals surface area (Å²) in [7, 11) is 1.37. The number of anilines is 1. The van der Waals surface area contributed by atoms with Gasteiger partial charge in [0, 0.05) is 5.56 Å². The zero-order valence-electron chi connectivity index (χ0n) is 10.1. The van der Waals surface area contributed by atoms with Crippen LogP contribution >= 0.6 is 0 Å². The molecule has 0 saturated carbocycles. The Morgan fingerprint density at radius 3 is 2.63 bits per heavy atom. The summed E-state index contributed by atoms with van der Waals surface area (Å²) in [5, 5.41) is 8.79. The molecule has 0 fully saturated rings. The van der Waals surface area contributed by atoms with E-state index in [-0.39, 0.29) is 17.3 Å². The number of ether oxygens (including phenoxy) is 1. The predicted octanol–water partition coefficient (Wildman–Crippen LogP) is 2.18. The van der Waals surface area contributed by atoms with Crippen LogP contribution in [0.15, 0.2) is 30.3 Å². The number of nitrogen functional groups attached to an aromatic ring is 1. The van der Waals surface area contributed by atoms with Crippen molar-refractivity contribution in [2.24, 2.45) is 0 Å². The molecule has 5 nitrogen and oxygen atoms in total. The average molecular weight is 262 g/mol. The molecule has 1 heterocycles. The number of carboxylic acids is 1. The maximum absolute atomic E-state index is 13.6. The molecular weight excluding hydrogens is 251 g/mol. The van der Waals surface area contributed by atoms with E-state index in [0.29, 0.717) is 11.1 Å². The van der Waals surface area contributed by atoms with Crippen LogP contribution in [0.25, 0.3) is 11.1 Å². The van der Waals surface area contributed by atoms with E-state index in [1.165, 1.54) is 31.4 Å². The van der Waals surface area contributed by atoms with Crippen molar-refractivity contribution in [2.45, 2.75) is 0 Å². The summed E-state index contributed by atoms with van der Waals surface area (Å²) < 4.78 is 18.4. The van der Waals surface area contributed by atoms with E-state index in [1.54, 1.807) is 6.07 Å². The number of nitrogens with two attached hydrogens (primary N) is 1. The molecule has 0 aliphatic rings. The molecule has 0 bridgehead atoms. The monoisotopic (exact) mass is 262 g/mol. The van der Waals surface area contributed by atoms with Gasteiger partial charge in [-0.15, -0.1) is 0 Å². The van der Waals surface area contributed by atoms with Crippen molar-refractivity contribution < 1.29 is 19.0 Å². The third-order valence-corrected chi connectivity index (χ3v) is 2.61. The Labute approximate surface area is 108 Å². The molecule has 1 aromatic heterocycles. The van der Waals surface area contributed by atoms with E-state index in [2.05, 4.69) is 4.98 Å². The molecule has 0 radical (unpaired) electrons. The van der Waals surface area contributed by atoms with Gasteiger partial charge >= 0.3 is 5.97 Å². The number of halogens is 1. The van der Waals surface area contributed by atoms with Gasteiger partial charge in [0.2, 0.25) is 0 Å². The molecule has 0 spiro atoms. The molecule has 0 amide bonds. The summed E-state index contributed by atoms with van der Waals surface area (Å²) in [5.41, 5.74) is 6.49. The molecule has 0 aliphatic heterocycles. The van der Waals surface area contributed by atoms with E-state index in [4.69, 9.17) is 15.6 Å². The highest BCUT2D eigenvalue weighted by Crippen LogP contribution is 2.28. The van der Waals surface area contributed by atoms with E-state index in [1.807, 2.05) is 0 Å². The number of hydrogen-bond donors (Lipinski definition) is 2. The molecule has 0 aliphatic carbocycles. The Kier molecular flexibility index (Phi) is 3.33. The number of nitrogens with zero attached hydrogens (tertiary/aromatic N) is 1. The van der Waals surface area contributed by atoms with Gasteiger partial charge < -0.3 is 15.6 Å². The first kappa shape index (κ1) is 12.8. The molecule has 19 heavy (non-hydrogen) atoms. The van der Waals surface area contributed by atoms with Crippen LogP contribution in [0.4, 0.5) is 10.2 Å². The highest BCUT2D eigenvalue weighted by Gasteiger charge is 2.11. The lowest BCUT2D eigenvalue weighted by atomic mass is 10.1. The van der Waals surface area contributed by atoms with Gasteiger partial charge in [-0.05, 0) is 29.8 Å². The number of methoxy groups -OCH3 is 1. The highest BCUT2D eigenvalue weighted by molar-refractivity contribution is 5.87. The number of aromatic nitrogens is 1. The SMILES string of the molecule is COc1ccc(-c2ccc(C(=O)O)nc2N)cc1F. The van der Waals surface area contributed by atoms with Crippen molar-refractivity contribution in [3.63, 3.8) is 0 Å². The van der Waals surface area contributed by atoms with E-state index >= 15 is 0 Å². The number of pyridine rings is 1. The average Bonchev–Trinajstić information content (AvgIpc) is 2.38. The maximum atomic E-state index is 13.6. The van der Waals surface area contributed by atoms with Gasteiger partial charge in [0.05, 0.1) is 7.11 Å². The molecule has 2 aromatic rings. The Morgan fingerprint density at radius 2 is 2.11 bits per heavy atom. The Balaban J connectivity index is 2.47. The van der Waals surface area contributed by atoms with Crippen LogP contribution in [0.2, 0.25) is 0 Å². The second-order valence-electron chi connectivity index (χ2n) is 3.78. The summed E-state index contributed by atoms with van der Waals surface area (Å²) >= 11 is 0. The Hall–Kier alpha value is -2.63. The summed E-state index contributed by atoms with van der Waals surface area (Å²) in [6.45, 7) is 0. The predicted molar refractivity (Wildman–Crippen MR) is 67.6 cm³/mol. The van der Waals surface area contributed by atoms with Crippen LogP contribution < -0.4 is 10.5 Å². The fourth-order valence-corrected chi connectivity index (χ4v) is 1.67. The Morgan fingerprint density at radius 1 is 1.37 bits per heavy atom. The quantitative estimate of drug-likeness (QED) is 0.885. The summed E-state index contributed by atoms with van der Waals surface area (Å²) in [5.74, 6) is -1.54. The number of rotatable bonds is 3. The van der Waals surface area contributed by atoms with Crippen LogP contribution in [0.1, 0.15) is 10.5 Å². The first-order valence-corrected chi connectivity index (χ1v) is 5.36. The number of benzene rings is 1. The van der Waals surface area contributed by atoms with Gasteiger partial charge in [-0.2, -0.15) is 0 Å². The molecule has 3 N–H and O–H groups in total. The summed E-state index contributed by atoms with van der Waals surface area (Å²) in [6, 6.07) is 7.15. The largest absolute Gasteiger partial charge is 0.494 e. The zero-order chi connectivity index (χ0) is 14.0. The van der Waals surface area contributed by atoms with Gasteiger partial charge in [0.1, 0.15) is 5.82 Å². The van der Waals surface area contributed by atoms with Gasteiger partial charge in [-0.25, -0.2) is 14.2 Å². The summed E-state index contributed by atoms with van der Waals surface area (Å²) in [4.78, 5) is 14.5. The van der Waals surface area contributed by atoms with Gasteiger partial charge in [0.15, 0.2) is 17.3 Å². The van der Waals surface area contributed by atoms with E-state index in [0.717, 1.165) is 0 Å². The number of carbonyl (C=O) groups is 1.